The largest absolute Gasteiger partial charge is 0.477 e. The van der Waals surface area contributed by atoms with Crippen LogP contribution < -0.4 is 21.7 Å². The lowest BCUT2D eigenvalue weighted by Crippen LogP contribution is -2.71. The highest BCUT2D eigenvalue weighted by Gasteiger charge is 2.54. The molecule has 14 nitrogen and oxygen atoms in total. The first-order chi connectivity index (χ1) is 19.1. The molecule has 0 radical (unpaired) electrons. The summed E-state index contributed by atoms with van der Waals surface area (Å²) in [5.41, 5.74) is 11.7. The highest BCUT2D eigenvalue weighted by molar-refractivity contribution is 8.00. The van der Waals surface area contributed by atoms with Gasteiger partial charge in [-0.2, -0.15) is 0 Å². The highest BCUT2D eigenvalue weighted by Crippen LogP contribution is 2.41. The number of nitrogen functional groups attached to an aromatic ring is 1. The number of oxime groups is 1. The van der Waals surface area contributed by atoms with E-state index in [2.05, 4.69) is 15.5 Å². The molecule has 0 unspecified atom stereocenters. The van der Waals surface area contributed by atoms with Gasteiger partial charge in [0.2, 0.25) is 5.91 Å². The quantitative estimate of drug-likeness (QED) is 0.0972. The second-order valence-corrected chi connectivity index (χ2v) is 10.8. The van der Waals surface area contributed by atoms with Crippen LogP contribution in [0.25, 0.3) is 0 Å². The third-order valence-electron chi connectivity index (χ3n) is 6.50. The predicted molar refractivity (Wildman–Crippen MR) is 145 cm³/mol. The van der Waals surface area contributed by atoms with Gasteiger partial charge in [0.1, 0.15) is 22.8 Å². The Hall–Kier alpha value is -4.70. The first-order valence-electron chi connectivity index (χ1n) is 11.7. The van der Waals surface area contributed by atoms with Gasteiger partial charge in [-0.05, 0) is 42.3 Å². The average molecular weight is 584 g/mol. The number of β-lactam (4-membered cyclic amide) rings is 1. The zero-order valence-corrected chi connectivity index (χ0v) is 22.1. The number of thioether (sulfide) groups is 1. The van der Waals surface area contributed by atoms with Crippen LogP contribution in [0, 0.1) is 0 Å². The lowest BCUT2D eigenvalue weighted by atomic mass is 10.0. The fourth-order valence-electron chi connectivity index (χ4n) is 4.58. The summed E-state index contributed by atoms with van der Waals surface area (Å²) in [6.07, 6.45) is 1.84. The van der Waals surface area contributed by atoms with Crippen LogP contribution in [0.4, 0.5) is 10.8 Å². The molecule has 5 rings (SSSR count). The lowest BCUT2D eigenvalue weighted by Gasteiger charge is -2.49. The van der Waals surface area contributed by atoms with Gasteiger partial charge >= 0.3 is 5.97 Å². The molecule has 2 aromatic rings. The SMILES string of the molecule is NC(=O)c1ccc(N2CCC(=CC3=C(C(=O)O)N4C(=O)[C@@H](NC(=O)/C(=N\O)c5csc(N)n5)[C@H]4SC3)C2=O)cc1. The van der Waals surface area contributed by atoms with Crippen molar-refractivity contribution in [3.8, 4) is 0 Å². The number of nitrogens with two attached hydrogens (primary N) is 2. The van der Waals surface area contributed by atoms with Crippen molar-refractivity contribution in [1.29, 1.82) is 0 Å². The molecule has 40 heavy (non-hydrogen) atoms. The third kappa shape index (κ3) is 4.66. The van der Waals surface area contributed by atoms with Crippen LogP contribution in [0.15, 0.2) is 57.7 Å². The number of nitrogens with zero attached hydrogens (tertiary/aromatic N) is 4. The minimum Gasteiger partial charge on any atom is -0.477 e. The van der Waals surface area contributed by atoms with Crippen LogP contribution in [-0.4, -0.2) is 79.2 Å². The summed E-state index contributed by atoms with van der Waals surface area (Å²) >= 11 is 2.26. The molecule has 0 spiro atoms. The molecule has 3 aliphatic heterocycles. The van der Waals surface area contributed by atoms with Gasteiger partial charge in [-0.25, -0.2) is 9.78 Å². The molecule has 4 heterocycles. The van der Waals surface area contributed by atoms with Crippen LogP contribution in [-0.2, 0) is 19.2 Å². The summed E-state index contributed by atoms with van der Waals surface area (Å²) in [6, 6.07) is 5.17. The minimum atomic E-state index is -1.35. The summed E-state index contributed by atoms with van der Waals surface area (Å²) < 4.78 is 0. The number of benzene rings is 1. The van der Waals surface area contributed by atoms with E-state index >= 15 is 0 Å². The number of hydrogen-bond acceptors (Lipinski definition) is 11. The maximum Gasteiger partial charge on any atom is 0.352 e. The first kappa shape index (κ1) is 26.9. The molecule has 7 N–H and O–H groups in total. The summed E-state index contributed by atoms with van der Waals surface area (Å²) in [6.45, 7) is 0.349. The fourth-order valence-corrected chi connectivity index (χ4v) is 6.44. The first-order valence-corrected chi connectivity index (χ1v) is 13.6. The van der Waals surface area contributed by atoms with Crippen molar-refractivity contribution in [2.24, 2.45) is 10.9 Å². The molecule has 4 amide bonds. The topological polar surface area (TPSA) is 222 Å². The maximum atomic E-state index is 13.1. The number of allylic oxidation sites excluding steroid dienone is 1. The Labute approximate surface area is 234 Å². The van der Waals surface area contributed by atoms with Gasteiger partial charge in [0, 0.05) is 34.5 Å². The normalized spacial score (nSPS) is 21.9. The van der Waals surface area contributed by atoms with E-state index in [1.54, 1.807) is 12.1 Å². The Balaban J connectivity index is 1.34. The molecule has 2 fully saturated rings. The minimum absolute atomic E-state index is 0.0292. The van der Waals surface area contributed by atoms with Crippen molar-refractivity contribution in [2.45, 2.75) is 17.8 Å². The molecule has 2 atom stereocenters. The van der Waals surface area contributed by atoms with Gasteiger partial charge in [0.15, 0.2) is 10.8 Å². The van der Waals surface area contributed by atoms with Crippen LogP contribution in [0.3, 0.4) is 0 Å². The van der Waals surface area contributed by atoms with Crippen LogP contribution >= 0.6 is 23.1 Å². The lowest BCUT2D eigenvalue weighted by molar-refractivity contribution is -0.150. The molecule has 3 aliphatic rings. The highest BCUT2D eigenvalue weighted by atomic mass is 32.2. The van der Waals surface area contributed by atoms with Crippen molar-refractivity contribution >= 4 is 69.2 Å². The number of primary amides is 1. The monoisotopic (exact) mass is 583 g/mol. The number of fused-ring (bicyclic) bond motifs is 1. The number of thiazole rings is 1. The Morgan fingerprint density at radius 1 is 1.20 bits per heavy atom. The molecular weight excluding hydrogens is 562 g/mol. The molecule has 206 valence electrons. The number of carboxylic acids is 1. The number of rotatable bonds is 7. The number of hydrogen-bond donors (Lipinski definition) is 5. The van der Waals surface area contributed by atoms with Gasteiger partial charge in [-0.3, -0.25) is 24.1 Å². The van der Waals surface area contributed by atoms with E-state index in [9.17, 15) is 34.3 Å². The van der Waals surface area contributed by atoms with Gasteiger partial charge in [0.25, 0.3) is 17.7 Å². The van der Waals surface area contributed by atoms with Crippen LogP contribution in [0.2, 0.25) is 0 Å². The maximum absolute atomic E-state index is 13.1. The Morgan fingerprint density at radius 3 is 2.52 bits per heavy atom. The molecular formula is C24H21N7O7S2. The second kappa shape index (κ2) is 10.5. The molecule has 0 aliphatic carbocycles. The molecule has 1 aromatic carbocycles. The summed E-state index contributed by atoms with van der Waals surface area (Å²) in [5, 5.41) is 25.5. The number of carbonyl (C=O) groups is 5. The van der Waals surface area contributed by atoms with E-state index in [-0.39, 0.29) is 33.8 Å². The average Bonchev–Trinajstić information content (AvgIpc) is 3.52. The zero-order chi connectivity index (χ0) is 28.7. The molecule has 16 heteroatoms. The third-order valence-corrected chi connectivity index (χ3v) is 8.48. The number of amides is 4. The van der Waals surface area contributed by atoms with Gasteiger partial charge < -0.3 is 32.0 Å². The Kier molecular flexibility index (Phi) is 7.03. The smallest absolute Gasteiger partial charge is 0.352 e. The summed E-state index contributed by atoms with van der Waals surface area (Å²) in [7, 11) is 0. The van der Waals surface area contributed by atoms with Crippen LogP contribution in [0.1, 0.15) is 22.5 Å². The van der Waals surface area contributed by atoms with Gasteiger partial charge in [-0.15, -0.1) is 23.1 Å². The molecule has 0 bridgehead atoms. The van der Waals surface area contributed by atoms with E-state index < -0.39 is 40.8 Å². The summed E-state index contributed by atoms with van der Waals surface area (Å²) in [4.78, 5) is 68.8. The molecule has 1 aromatic heterocycles. The van der Waals surface area contributed by atoms with Gasteiger partial charge in [-0.1, -0.05) is 5.16 Å². The molecule has 0 saturated carbocycles. The number of nitrogens with one attached hydrogen (secondary N) is 1. The molecule has 2 saturated heterocycles. The van der Waals surface area contributed by atoms with E-state index in [4.69, 9.17) is 11.5 Å². The number of aliphatic carboxylic acids is 1. The Morgan fingerprint density at radius 2 is 1.93 bits per heavy atom. The van der Waals surface area contributed by atoms with E-state index in [0.29, 0.717) is 29.8 Å². The fraction of sp³-hybridized carbons (Fsp3) is 0.208. The standard InChI is InChI=1S/C24H21N7O7S2/c25-18(32)10-1-3-13(4-2-10)30-6-5-11(20(30)34)7-12-8-39-22-16(21(35)31(22)17(12)23(36)37)28-19(33)15(29-38)14-9-40-24(26)27-14/h1-4,7,9,16,22,38H,5-6,8H2,(H2,25,32)(H2,26,27)(H,28,33)(H,36,37)/b11-7?,29-15-/t16-,22-/m1/s1. The second-order valence-electron chi connectivity index (χ2n) is 8.85. The number of aromatic nitrogens is 1. The van der Waals surface area contributed by atoms with Crippen molar-refractivity contribution in [2.75, 3.05) is 22.9 Å². The van der Waals surface area contributed by atoms with Gasteiger partial charge in [0.05, 0.1) is 0 Å². The van der Waals surface area contributed by atoms with E-state index in [0.717, 1.165) is 16.2 Å². The van der Waals surface area contributed by atoms with E-state index in [1.807, 2.05) is 0 Å². The van der Waals surface area contributed by atoms with Crippen molar-refractivity contribution in [3.05, 3.63) is 63.8 Å². The van der Waals surface area contributed by atoms with Crippen molar-refractivity contribution in [3.63, 3.8) is 0 Å². The summed E-state index contributed by atoms with van der Waals surface area (Å²) in [5.74, 6) is -3.64. The number of carbonyl (C=O) groups excluding carboxylic acids is 4. The number of carboxylic acid groups (broad SMARTS) is 1. The zero-order valence-electron chi connectivity index (χ0n) is 20.4. The number of anilines is 2. The predicted octanol–water partition coefficient (Wildman–Crippen LogP) is 0.104. The Bertz CT molecular complexity index is 1550. The van der Waals surface area contributed by atoms with E-state index in [1.165, 1.54) is 40.3 Å². The van der Waals surface area contributed by atoms with Crippen molar-refractivity contribution in [1.82, 2.24) is 15.2 Å². The van der Waals surface area contributed by atoms with Crippen molar-refractivity contribution < 1.29 is 34.3 Å². The van der Waals surface area contributed by atoms with Crippen LogP contribution in [0.5, 0.6) is 0 Å².